The number of carbonyl (C=O) groups is 1. The summed E-state index contributed by atoms with van der Waals surface area (Å²) in [4.78, 5) is 12.5. The zero-order chi connectivity index (χ0) is 17.7. The predicted octanol–water partition coefficient (Wildman–Crippen LogP) is 2.65. The van der Waals surface area contributed by atoms with E-state index in [4.69, 9.17) is 21.7 Å². The second kappa shape index (κ2) is 8.26. The van der Waals surface area contributed by atoms with Crippen molar-refractivity contribution in [1.82, 2.24) is 10.6 Å². The maximum absolute atomic E-state index is 12.5. The molecule has 130 valence electrons. The van der Waals surface area contributed by atoms with E-state index in [1.54, 1.807) is 7.11 Å². The molecule has 0 bridgehead atoms. The van der Waals surface area contributed by atoms with Crippen LogP contribution in [-0.2, 0) is 14.3 Å². The highest BCUT2D eigenvalue weighted by Gasteiger charge is 2.37. The number of ether oxygens (including phenoxy) is 2. The lowest BCUT2D eigenvalue weighted by molar-refractivity contribution is -0.149. The number of carbonyl (C=O) groups excluding carboxylic acids is 1. The van der Waals surface area contributed by atoms with Crippen molar-refractivity contribution in [2.24, 2.45) is 5.92 Å². The van der Waals surface area contributed by atoms with Gasteiger partial charge < -0.3 is 20.1 Å². The third-order valence-electron chi connectivity index (χ3n) is 4.02. The van der Waals surface area contributed by atoms with Crippen molar-refractivity contribution in [2.45, 2.75) is 25.8 Å². The van der Waals surface area contributed by atoms with Gasteiger partial charge in [-0.2, -0.15) is 0 Å². The molecule has 5 nitrogen and oxygen atoms in total. The molecule has 1 aromatic rings. The van der Waals surface area contributed by atoms with E-state index < -0.39 is 5.92 Å². The third-order valence-corrected chi connectivity index (χ3v) is 4.24. The van der Waals surface area contributed by atoms with E-state index in [1.165, 1.54) is 5.56 Å². The molecule has 1 aliphatic heterocycles. The first-order valence-electron chi connectivity index (χ1n) is 7.95. The smallest absolute Gasteiger partial charge is 0.317 e. The van der Waals surface area contributed by atoms with Gasteiger partial charge in [0.25, 0.3) is 0 Å². The number of thiocarbonyl (C=S) groups is 1. The molecule has 0 radical (unpaired) electrons. The lowest BCUT2D eigenvalue weighted by Gasteiger charge is -2.35. The van der Waals surface area contributed by atoms with Crippen molar-refractivity contribution in [3.63, 3.8) is 0 Å². The van der Waals surface area contributed by atoms with Crippen LogP contribution in [-0.4, -0.2) is 31.4 Å². The number of benzene rings is 1. The summed E-state index contributed by atoms with van der Waals surface area (Å²) >= 11 is 5.22. The van der Waals surface area contributed by atoms with Crippen LogP contribution >= 0.6 is 12.2 Å². The standard InChI is InChI=1S/C18H24N2O3S/c1-11(2)13-5-7-14(8-6-13)16-15(12(3)19-18(24)20-16)17(21)23-10-9-22-4/h5-8,11,15-16H,3,9-10H2,1-2,4H3,(H2,19,20,24)/t15-,16-/m0/s1. The van der Waals surface area contributed by atoms with Gasteiger partial charge in [-0.1, -0.05) is 44.7 Å². The molecule has 1 saturated heterocycles. The Balaban J connectivity index is 2.23. The maximum atomic E-state index is 12.5. The highest BCUT2D eigenvalue weighted by molar-refractivity contribution is 7.80. The molecule has 2 atom stereocenters. The van der Waals surface area contributed by atoms with E-state index >= 15 is 0 Å². The normalized spacial score (nSPS) is 20.5. The summed E-state index contributed by atoms with van der Waals surface area (Å²) in [6.45, 7) is 8.80. The Bertz CT molecular complexity index is 613. The second-order valence-corrected chi connectivity index (χ2v) is 6.47. The van der Waals surface area contributed by atoms with E-state index in [0.29, 0.717) is 23.3 Å². The first-order valence-corrected chi connectivity index (χ1v) is 8.36. The highest BCUT2D eigenvalue weighted by Crippen LogP contribution is 2.31. The summed E-state index contributed by atoms with van der Waals surface area (Å²) in [5.74, 6) is -0.457. The zero-order valence-electron chi connectivity index (χ0n) is 14.3. The quantitative estimate of drug-likeness (QED) is 0.468. The van der Waals surface area contributed by atoms with Crippen LogP contribution in [0.15, 0.2) is 36.5 Å². The fourth-order valence-corrected chi connectivity index (χ4v) is 2.90. The monoisotopic (exact) mass is 348 g/mol. The van der Waals surface area contributed by atoms with Crippen LogP contribution in [0.25, 0.3) is 0 Å². The Kier molecular flexibility index (Phi) is 6.34. The van der Waals surface area contributed by atoms with Crippen LogP contribution in [0.5, 0.6) is 0 Å². The Morgan fingerprint density at radius 2 is 1.96 bits per heavy atom. The molecular formula is C18H24N2O3S. The molecule has 2 N–H and O–H groups in total. The SMILES string of the molecule is C=C1NC(=S)N[C@@H](c2ccc(C(C)C)cc2)[C@H]1C(=O)OCCOC. The summed E-state index contributed by atoms with van der Waals surface area (Å²) in [5, 5.41) is 6.54. The summed E-state index contributed by atoms with van der Waals surface area (Å²) in [7, 11) is 1.56. The Hall–Kier alpha value is -1.92. The summed E-state index contributed by atoms with van der Waals surface area (Å²) in [6.07, 6.45) is 0. The summed E-state index contributed by atoms with van der Waals surface area (Å²) < 4.78 is 10.2. The van der Waals surface area contributed by atoms with Crippen molar-refractivity contribution >= 4 is 23.3 Å². The second-order valence-electron chi connectivity index (χ2n) is 6.06. The van der Waals surface area contributed by atoms with Crippen molar-refractivity contribution < 1.29 is 14.3 Å². The fourth-order valence-electron chi connectivity index (χ4n) is 2.64. The molecule has 6 heteroatoms. The molecular weight excluding hydrogens is 324 g/mol. The van der Waals surface area contributed by atoms with Gasteiger partial charge in [0.05, 0.1) is 12.6 Å². The molecule has 1 heterocycles. The van der Waals surface area contributed by atoms with Crippen molar-refractivity contribution in [1.29, 1.82) is 0 Å². The Labute approximate surface area is 148 Å². The molecule has 0 unspecified atom stereocenters. The minimum Gasteiger partial charge on any atom is -0.463 e. The molecule has 1 fully saturated rings. The molecule has 2 rings (SSSR count). The van der Waals surface area contributed by atoms with Crippen LogP contribution in [0.3, 0.4) is 0 Å². The van der Waals surface area contributed by atoms with Crippen LogP contribution in [0.2, 0.25) is 0 Å². The first-order chi connectivity index (χ1) is 11.4. The number of nitrogens with one attached hydrogen (secondary N) is 2. The van der Waals surface area contributed by atoms with E-state index in [1.807, 2.05) is 12.1 Å². The number of hydrogen-bond donors (Lipinski definition) is 2. The highest BCUT2D eigenvalue weighted by atomic mass is 32.1. The minimum atomic E-state index is -0.557. The predicted molar refractivity (Wildman–Crippen MR) is 97.6 cm³/mol. The molecule has 1 aliphatic rings. The lowest BCUT2D eigenvalue weighted by atomic mass is 9.88. The first kappa shape index (κ1) is 18.4. The van der Waals surface area contributed by atoms with Crippen molar-refractivity contribution in [2.75, 3.05) is 20.3 Å². The van der Waals surface area contributed by atoms with E-state index in [0.717, 1.165) is 5.56 Å². The van der Waals surface area contributed by atoms with Gasteiger partial charge in [-0.05, 0) is 29.3 Å². The minimum absolute atomic E-state index is 0.211. The van der Waals surface area contributed by atoms with Gasteiger partial charge in [-0.3, -0.25) is 4.79 Å². The molecule has 1 aromatic carbocycles. The van der Waals surface area contributed by atoms with E-state index in [2.05, 4.69) is 43.2 Å². The number of rotatable bonds is 6. The van der Waals surface area contributed by atoms with Crippen LogP contribution < -0.4 is 10.6 Å². The third kappa shape index (κ3) is 4.33. The Morgan fingerprint density at radius 3 is 2.54 bits per heavy atom. The Morgan fingerprint density at radius 1 is 1.29 bits per heavy atom. The summed E-state index contributed by atoms with van der Waals surface area (Å²) in [5.41, 5.74) is 2.76. The largest absolute Gasteiger partial charge is 0.463 e. The van der Waals surface area contributed by atoms with Crippen molar-refractivity contribution in [3.05, 3.63) is 47.7 Å². The topological polar surface area (TPSA) is 59.6 Å². The van der Waals surface area contributed by atoms with E-state index in [-0.39, 0.29) is 18.6 Å². The molecule has 24 heavy (non-hydrogen) atoms. The molecule has 0 spiro atoms. The molecule has 0 aromatic heterocycles. The van der Waals surface area contributed by atoms with Gasteiger partial charge in [-0.25, -0.2) is 0 Å². The molecule has 0 saturated carbocycles. The zero-order valence-corrected chi connectivity index (χ0v) is 15.1. The van der Waals surface area contributed by atoms with E-state index in [9.17, 15) is 4.79 Å². The number of esters is 1. The fraction of sp³-hybridized carbons (Fsp3) is 0.444. The number of hydrogen-bond acceptors (Lipinski definition) is 4. The van der Waals surface area contributed by atoms with Gasteiger partial charge in [0, 0.05) is 12.8 Å². The molecule has 0 aliphatic carbocycles. The van der Waals surface area contributed by atoms with Gasteiger partial charge >= 0.3 is 5.97 Å². The number of methoxy groups -OCH3 is 1. The van der Waals surface area contributed by atoms with Gasteiger partial charge in [-0.15, -0.1) is 0 Å². The van der Waals surface area contributed by atoms with Crippen LogP contribution in [0.1, 0.15) is 36.9 Å². The van der Waals surface area contributed by atoms with Gasteiger partial charge in [0.1, 0.15) is 12.5 Å². The van der Waals surface area contributed by atoms with Gasteiger partial charge in [0.15, 0.2) is 5.11 Å². The van der Waals surface area contributed by atoms with Crippen LogP contribution in [0, 0.1) is 5.92 Å². The average Bonchev–Trinajstić information content (AvgIpc) is 2.54. The van der Waals surface area contributed by atoms with Crippen LogP contribution in [0.4, 0.5) is 0 Å². The lowest BCUT2D eigenvalue weighted by Crippen LogP contribution is -2.51. The van der Waals surface area contributed by atoms with Crippen molar-refractivity contribution in [3.8, 4) is 0 Å². The molecule has 0 amide bonds. The maximum Gasteiger partial charge on any atom is 0.317 e. The average molecular weight is 348 g/mol. The summed E-state index contributed by atoms with van der Waals surface area (Å²) in [6, 6.07) is 7.88. The van der Waals surface area contributed by atoms with Gasteiger partial charge in [0.2, 0.25) is 0 Å².